The molecular formula is C21H30ClF4N3O4S. The first-order valence-electron chi connectivity index (χ1n) is 10.9. The lowest BCUT2D eigenvalue weighted by molar-refractivity contribution is -0.274. The van der Waals surface area contributed by atoms with Gasteiger partial charge in [-0.2, -0.15) is 0 Å². The zero-order valence-corrected chi connectivity index (χ0v) is 20.3. The van der Waals surface area contributed by atoms with Gasteiger partial charge in [0.25, 0.3) is 0 Å². The van der Waals surface area contributed by atoms with E-state index in [0.29, 0.717) is 38.6 Å². The fraction of sp³-hybridized carbons (Fsp3) is 0.667. The Bertz CT molecular complexity index is 925. The summed E-state index contributed by atoms with van der Waals surface area (Å²) in [5, 5.41) is 0. The molecule has 34 heavy (non-hydrogen) atoms. The van der Waals surface area contributed by atoms with E-state index < -0.39 is 34.3 Å². The number of nitrogens with two attached hydrogens (primary N) is 1. The summed E-state index contributed by atoms with van der Waals surface area (Å²) in [4.78, 5) is 13.9. The van der Waals surface area contributed by atoms with Gasteiger partial charge in [-0.1, -0.05) is 6.92 Å². The summed E-state index contributed by atoms with van der Waals surface area (Å²) in [5.41, 5.74) is 6.17. The predicted octanol–water partition coefficient (Wildman–Crippen LogP) is 3.38. The lowest BCUT2D eigenvalue weighted by Crippen LogP contribution is -2.49. The highest BCUT2D eigenvalue weighted by molar-refractivity contribution is 7.89. The van der Waals surface area contributed by atoms with Crippen molar-refractivity contribution in [2.45, 2.75) is 68.5 Å². The maximum absolute atomic E-state index is 13.4. The van der Waals surface area contributed by atoms with Gasteiger partial charge >= 0.3 is 6.36 Å². The summed E-state index contributed by atoms with van der Waals surface area (Å²) >= 11 is 0. The molecule has 7 nitrogen and oxygen atoms in total. The number of halogens is 5. The van der Waals surface area contributed by atoms with Crippen molar-refractivity contribution in [1.82, 2.24) is 9.62 Å². The Kier molecular flexibility index (Phi) is 9.59. The third kappa shape index (κ3) is 7.43. The molecule has 194 valence electrons. The zero-order valence-electron chi connectivity index (χ0n) is 18.6. The van der Waals surface area contributed by atoms with E-state index in [4.69, 9.17) is 5.73 Å². The van der Waals surface area contributed by atoms with E-state index in [9.17, 15) is 30.8 Å². The van der Waals surface area contributed by atoms with Gasteiger partial charge in [-0.25, -0.2) is 17.5 Å². The first-order chi connectivity index (χ1) is 15.4. The Morgan fingerprint density at radius 3 is 2.24 bits per heavy atom. The van der Waals surface area contributed by atoms with E-state index in [0.717, 1.165) is 24.3 Å². The SMILES string of the molecule is C[C@@H](C1CCC(NS(=O)(=O)c2ccc(OC(F)(F)F)cc2)CC1)[C@H](N)C(=O)N1CC[C@H](F)C1.Cl. The van der Waals surface area contributed by atoms with Crippen molar-refractivity contribution in [1.29, 1.82) is 0 Å². The highest BCUT2D eigenvalue weighted by Gasteiger charge is 2.36. The van der Waals surface area contributed by atoms with Crippen LogP contribution in [-0.4, -0.2) is 56.9 Å². The number of carbonyl (C=O) groups excluding carboxylic acids is 1. The van der Waals surface area contributed by atoms with E-state index in [2.05, 4.69) is 9.46 Å². The number of hydrogen-bond donors (Lipinski definition) is 2. The number of alkyl halides is 4. The molecule has 1 aliphatic heterocycles. The molecule has 1 aliphatic carbocycles. The molecule has 3 atom stereocenters. The number of amides is 1. The standard InChI is InChI=1S/C21H29F4N3O4S.ClH/c1-13(19(26)20(29)28-11-10-15(22)12-28)14-2-4-16(5-3-14)27-33(30,31)18-8-6-17(7-9-18)32-21(23,24)25;/h6-9,13-16,19,27H,2-5,10-12,26H2,1H3;1H/t13-,14?,15-,16?,19-;/m0./s1. The van der Waals surface area contributed by atoms with Gasteiger partial charge in [0, 0.05) is 12.6 Å². The van der Waals surface area contributed by atoms with Gasteiger partial charge in [-0.3, -0.25) is 4.79 Å². The summed E-state index contributed by atoms with van der Waals surface area (Å²) in [6.45, 7) is 2.35. The largest absolute Gasteiger partial charge is 0.573 e. The highest BCUT2D eigenvalue weighted by Crippen LogP contribution is 2.33. The summed E-state index contributed by atoms with van der Waals surface area (Å²) in [6, 6.07) is 2.95. The van der Waals surface area contributed by atoms with Crippen LogP contribution < -0.4 is 15.2 Å². The van der Waals surface area contributed by atoms with Crippen LogP contribution in [0.25, 0.3) is 0 Å². The van der Waals surface area contributed by atoms with Gasteiger partial charge in [0.2, 0.25) is 15.9 Å². The summed E-state index contributed by atoms with van der Waals surface area (Å²) < 4.78 is 81.8. The number of benzene rings is 1. The van der Waals surface area contributed by atoms with Crippen LogP contribution in [0.5, 0.6) is 5.75 Å². The van der Waals surface area contributed by atoms with Gasteiger partial charge in [0.1, 0.15) is 11.9 Å². The Morgan fingerprint density at radius 2 is 1.74 bits per heavy atom. The number of sulfonamides is 1. The number of nitrogens with one attached hydrogen (secondary N) is 1. The van der Waals surface area contributed by atoms with Crippen LogP contribution in [0.2, 0.25) is 0 Å². The quantitative estimate of drug-likeness (QED) is 0.525. The monoisotopic (exact) mass is 531 g/mol. The molecule has 1 heterocycles. The molecule has 0 bridgehead atoms. The molecule has 13 heteroatoms. The van der Waals surface area contributed by atoms with Crippen LogP contribution in [0.1, 0.15) is 39.0 Å². The van der Waals surface area contributed by atoms with E-state index in [1.807, 2.05) is 6.92 Å². The van der Waals surface area contributed by atoms with Gasteiger partial charge in [-0.05, 0) is 68.2 Å². The average Bonchev–Trinajstić information content (AvgIpc) is 3.18. The topological polar surface area (TPSA) is 102 Å². The minimum atomic E-state index is -4.86. The molecule has 3 rings (SSSR count). The Labute approximate surface area is 202 Å². The first kappa shape index (κ1) is 28.6. The molecule has 1 saturated carbocycles. The van der Waals surface area contributed by atoms with Crippen molar-refractivity contribution in [3.8, 4) is 5.75 Å². The molecular weight excluding hydrogens is 502 g/mol. The molecule has 0 radical (unpaired) electrons. The van der Waals surface area contributed by atoms with E-state index >= 15 is 0 Å². The molecule has 0 aromatic heterocycles. The van der Waals surface area contributed by atoms with E-state index in [1.165, 1.54) is 4.90 Å². The van der Waals surface area contributed by atoms with Gasteiger partial charge in [-0.15, -0.1) is 25.6 Å². The van der Waals surface area contributed by atoms with Gasteiger partial charge in [0.15, 0.2) is 0 Å². The second kappa shape index (κ2) is 11.4. The normalized spacial score (nSPS) is 25.4. The molecule has 0 unspecified atom stereocenters. The lowest BCUT2D eigenvalue weighted by atomic mass is 9.76. The minimum Gasteiger partial charge on any atom is -0.406 e. The molecule has 2 aliphatic rings. The maximum atomic E-state index is 13.4. The summed E-state index contributed by atoms with van der Waals surface area (Å²) in [5.74, 6) is -0.747. The molecule has 0 spiro atoms. The molecule has 1 amide bonds. The molecule has 1 aromatic rings. The van der Waals surface area contributed by atoms with Crippen LogP contribution in [0, 0.1) is 11.8 Å². The predicted molar refractivity (Wildman–Crippen MR) is 120 cm³/mol. The van der Waals surface area contributed by atoms with Crippen molar-refractivity contribution in [3.63, 3.8) is 0 Å². The summed E-state index contributed by atoms with van der Waals surface area (Å²) in [7, 11) is -3.91. The van der Waals surface area contributed by atoms with Gasteiger partial charge in [0.05, 0.1) is 17.5 Å². The van der Waals surface area contributed by atoms with Crippen LogP contribution in [0.3, 0.4) is 0 Å². The lowest BCUT2D eigenvalue weighted by Gasteiger charge is -2.35. The average molecular weight is 532 g/mol. The molecule has 3 N–H and O–H groups in total. The zero-order chi connectivity index (χ0) is 24.4. The van der Waals surface area contributed by atoms with Gasteiger partial charge < -0.3 is 15.4 Å². The van der Waals surface area contributed by atoms with Crippen LogP contribution >= 0.6 is 12.4 Å². The number of hydrogen-bond acceptors (Lipinski definition) is 5. The van der Waals surface area contributed by atoms with Crippen molar-refractivity contribution in [3.05, 3.63) is 24.3 Å². The highest BCUT2D eigenvalue weighted by atomic mass is 35.5. The Hall–Kier alpha value is -1.63. The number of carbonyl (C=O) groups is 1. The van der Waals surface area contributed by atoms with Crippen molar-refractivity contribution < 1.29 is 35.5 Å². The van der Waals surface area contributed by atoms with Crippen LogP contribution in [-0.2, 0) is 14.8 Å². The number of likely N-dealkylation sites (tertiary alicyclic amines) is 1. The molecule has 1 aromatic carbocycles. The second-order valence-electron chi connectivity index (χ2n) is 8.81. The number of nitrogens with zero attached hydrogens (tertiary/aromatic N) is 1. The van der Waals surface area contributed by atoms with Crippen LogP contribution in [0.4, 0.5) is 17.6 Å². The third-order valence-electron chi connectivity index (χ3n) is 6.50. The van der Waals surface area contributed by atoms with E-state index in [1.54, 1.807) is 0 Å². The fourth-order valence-electron chi connectivity index (χ4n) is 4.52. The number of ether oxygens (including phenoxy) is 1. The Balaban J connectivity index is 0.00000408. The maximum Gasteiger partial charge on any atom is 0.573 e. The third-order valence-corrected chi connectivity index (χ3v) is 8.04. The first-order valence-corrected chi connectivity index (χ1v) is 12.4. The van der Waals surface area contributed by atoms with Crippen molar-refractivity contribution >= 4 is 28.3 Å². The fourth-order valence-corrected chi connectivity index (χ4v) is 5.82. The van der Waals surface area contributed by atoms with E-state index in [-0.39, 0.29) is 47.6 Å². The van der Waals surface area contributed by atoms with Crippen molar-refractivity contribution in [2.75, 3.05) is 13.1 Å². The Morgan fingerprint density at radius 1 is 1.15 bits per heavy atom. The second-order valence-corrected chi connectivity index (χ2v) is 10.5. The van der Waals surface area contributed by atoms with Crippen molar-refractivity contribution in [2.24, 2.45) is 17.6 Å². The smallest absolute Gasteiger partial charge is 0.406 e. The summed E-state index contributed by atoms with van der Waals surface area (Å²) in [6.07, 6.45) is -3.12. The number of rotatable bonds is 7. The minimum absolute atomic E-state index is 0. The molecule has 1 saturated heterocycles. The van der Waals surface area contributed by atoms with Crippen LogP contribution in [0.15, 0.2) is 29.2 Å². The molecule has 2 fully saturated rings.